The van der Waals surface area contributed by atoms with Gasteiger partial charge in [-0.25, -0.2) is 4.39 Å². The summed E-state index contributed by atoms with van der Waals surface area (Å²) in [6.45, 7) is 5.75. The lowest BCUT2D eigenvalue weighted by molar-refractivity contribution is 0.569. The van der Waals surface area contributed by atoms with Crippen molar-refractivity contribution in [1.29, 1.82) is 0 Å². The van der Waals surface area contributed by atoms with Crippen LogP contribution in [0.15, 0.2) is 18.2 Å². The predicted octanol–water partition coefficient (Wildman–Crippen LogP) is 2.97. The standard InChI is InChI=1S/C11H16FN/c1-7(2)9-5-4-6-10(8(3)13)11(9)12/h4-8H,13H2,1-3H3/t8-/m1/s1. The maximum atomic E-state index is 13.7. The van der Waals surface area contributed by atoms with Crippen molar-refractivity contribution in [3.8, 4) is 0 Å². The van der Waals surface area contributed by atoms with Gasteiger partial charge in [-0.05, 0) is 18.4 Å². The summed E-state index contributed by atoms with van der Waals surface area (Å²) in [6.07, 6.45) is 0. The fourth-order valence-electron chi connectivity index (χ4n) is 1.37. The van der Waals surface area contributed by atoms with E-state index in [1.807, 2.05) is 26.0 Å². The Morgan fingerprint density at radius 2 is 1.69 bits per heavy atom. The summed E-state index contributed by atoms with van der Waals surface area (Å²) in [4.78, 5) is 0. The van der Waals surface area contributed by atoms with Crippen molar-refractivity contribution in [1.82, 2.24) is 0 Å². The molecule has 1 rings (SSSR count). The van der Waals surface area contributed by atoms with Crippen LogP contribution in [-0.2, 0) is 0 Å². The fraction of sp³-hybridized carbons (Fsp3) is 0.455. The molecule has 0 aromatic heterocycles. The van der Waals surface area contributed by atoms with E-state index in [2.05, 4.69) is 0 Å². The lowest BCUT2D eigenvalue weighted by Crippen LogP contribution is -2.09. The molecule has 13 heavy (non-hydrogen) atoms. The highest BCUT2D eigenvalue weighted by molar-refractivity contribution is 5.29. The zero-order chi connectivity index (χ0) is 10.0. The van der Waals surface area contributed by atoms with Crippen molar-refractivity contribution in [2.75, 3.05) is 0 Å². The molecule has 0 aliphatic carbocycles. The lowest BCUT2D eigenvalue weighted by atomic mass is 9.97. The fourth-order valence-corrected chi connectivity index (χ4v) is 1.37. The highest BCUT2D eigenvalue weighted by atomic mass is 19.1. The molecule has 1 nitrogen and oxygen atoms in total. The lowest BCUT2D eigenvalue weighted by Gasteiger charge is -2.12. The van der Waals surface area contributed by atoms with Gasteiger partial charge in [-0.15, -0.1) is 0 Å². The molecule has 1 aromatic rings. The molecule has 2 heteroatoms. The Labute approximate surface area is 78.8 Å². The molecule has 0 saturated carbocycles. The second kappa shape index (κ2) is 3.88. The van der Waals surface area contributed by atoms with Crippen molar-refractivity contribution in [2.24, 2.45) is 5.73 Å². The van der Waals surface area contributed by atoms with E-state index in [0.29, 0.717) is 5.56 Å². The van der Waals surface area contributed by atoms with Crippen LogP contribution in [0, 0.1) is 5.82 Å². The first-order valence-corrected chi connectivity index (χ1v) is 4.58. The topological polar surface area (TPSA) is 26.0 Å². The average Bonchev–Trinajstić information content (AvgIpc) is 2.03. The van der Waals surface area contributed by atoms with E-state index in [-0.39, 0.29) is 17.8 Å². The predicted molar refractivity (Wildman–Crippen MR) is 53.1 cm³/mol. The van der Waals surface area contributed by atoms with Crippen LogP contribution in [0.25, 0.3) is 0 Å². The van der Waals surface area contributed by atoms with E-state index in [4.69, 9.17) is 5.73 Å². The summed E-state index contributed by atoms with van der Waals surface area (Å²) in [5.41, 5.74) is 6.99. The van der Waals surface area contributed by atoms with E-state index < -0.39 is 0 Å². The molecule has 0 spiro atoms. The first-order chi connectivity index (χ1) is 6.04. The molecule has 0 unspecified atom stereocenters. The van der Waals surface area contributed by atoms with Gasteiger partial charge < -0.3 is 5.73 Å². The largest absolute Gasteiger partial charge is 0.324 e. The van der Waals surface area contributed by atoms with Crippen molar-refractivity contribution in [3.05, 3.63) is 35.1 Å². The number of benzene rings is 1. The minimum Gasteiger partial charge on any atom is -0.324 e. The zero-order valence-electron chi connectivity index (χ0n) is 8.34. The number of rotatable bonds is 2. The van der Waals surface area contributed by atoms with Gasteiger partial charge in [0.15, 0.2) is 0 Å². The minimum absolute atomic E-state index is 0.146. The first kappa shape index (κ1) is 10.2. The third-order valence-electron chi connectivity index (χ3n) is 2.17. The highest BCUT2D eigenvalue weighted by Crippen LogP contribution is 2.23. The molecule has 0 radical (unpaired) electrons. The Hall–Kier alpha value is -0.890. The average molecular weight is 181 g/mol. The molecule has 0 heterocycles. The Balaban J connectivity index is 3.18. The molecular formula is C11H16FN. The van der Waals surface area contributed by atoms with Gasteiger partial charge in [0.25, 0.3) is 0 Å². The van der Waals surface area contributed by atoms with Gasteiger partial charge in [-0.3, -0.25) is 0 Å². The van der Waals surface area contributed by atoms with Crippen LogP contribution in [-0.4, -0.2) is 0 Å². The molecule has 72 valence electrons. The number of hydrogen-bond donors (Lipinski definition) is 1. The minimum atomic E-state index is -0.237. The van der Waals surface area contributed by atoms with Crippen LogP contribution in [0.2, 0.25) is 0 Å². The van der Waals surface area contributed by atoms with Crippen LogP contribution < -0.4 is 5.73 Å². The van der Waals surface area contributed by atoms with E-state index >= 15 is 0 Å². The van der Waals surface area contributed by atoms with Crippen LogP contribution in [0.5, 0.6) is 0 Å². The van der Waals surface area contributed by atoms with E-state index in [0.717, 1.165) is 5.56 Å². The maximum absolute atomic E-state index is 13.7. The van der Waals surface area contributed by atoms with Gasteiger partial charge in [-0.1, -0.05) is 32.0 Å². The van der Waals surface area contributed by atoms with Crippen LogP contribution >= 0.6 is 0 Å². The Morgan fingerprint density at radius 3 is 2.15 bits per heavy atom. The third-order valence-corrected chi connectivity index (χ3v) is 2.17. The van der Waals surface area contributed by atoms with Crippen LogP contribution in [0.1, 0.15) is 43.9 Å². The van der Waals surface area contributed by atoms with E-state index in [1.165, 1.54) is 0 Å². The molecule has 1 atom stereocenters. The molecule has 1 aromatic carbocycles. The van der Waals surface area contributed by atoms with Gasteiger partial charge in [-0.2, -0.15) is 0 Å². The number of nitrogens with two attached hydrogens (primary N) is 1. The van der Waals surface area contributed by atoms with Crippen LogP contribution in [0.4, 0.5) is 4.39 Å². The summed E-state index contributed by atoms with van der Waals surface area (Å²) in [7, 11) is 0. The van der Waals surface area contributed by atoms with Crippen LogP contribution in [0.3, 0.4) is 0 Å². The normalized spacial score (nSPS) is 13.4. The Bertz CT molecular complexity index is 266. The van der Waals surface area contributed by atoms with Gasteiger partial charge >= 0.3 is 0 Å². The maximum Gasteiger partial charge on any atom is 0.131 e. The second-order valence-corrected chi connectivity index (χ2v) is 3.69. The van der Waals surface area contributed by atoms with Gasteiger partial charge in [0.1, 0.15) is 5.82 Å². The number of halogens is 1. The first-order valence-electron chi connectivity index (χ1n) is 4.58. The summed E-state index contributed by atoms with van der Waals surface area (Å²) >= 11 is 0. The molecule has 2 N–H and O–H groups in total. The summed E-state index contributed by atoms with van der Waals surface area (Å²) in [5, 5.41) is 0. The molecule has 0 saturated heterocycles. The second-order valence-electron chi connectivity index (χ2n) is 3.69. The number of hydrogen-bond acceptors (Lipinski definition) is 1. The van der Waals surface area contributed by atoms with Crippen molar-refractivity contribution >= 4 is 0 Å². The SMILES string of the molecule is CC(C)c1cccc([C@@H](C)N)c1F. The molecule has 0 aliphatic heterocycles. The smallest absolute Gasteiger partial charge is 0.131 e. The van der Waals surface area contributed by atoms with Crippen molar-refractivity contribution < 1.29 is 4.39 Å². The molecule has 0 aliphatic rings. The molecule has 0 bridgehead atoms. The summed E-state index contributed by atoms with van der Waals surface area (Å²) in [6, 6.07) is 5.17. The molecule has 0 amide bonds. The van der Waals surface area contributed by atoms with Crippen molar-refractivity contribution in [2.45, 2.75) is 32.7 Å². The van der Waals surface area contributed by atoms with Gasteiger partial charge in [0.05, 0.1) is 0 Å². The molecular weight excluding hydrogens is 165 g/mol. The monoisotopic (exact) mass is 181 g/mol. The third kappa shape index (κ3) is 2.07. The quantitative estimate of drug-likeness (QED) is 0.745. The van der Waals surface area contributed by atoms with Crippen molar-refractivity contribution in [3.63, 3.8) is 0 Å². The summed E-state index contributed by atoms with van der Waals surface area (Å²) < 4.78 is 13.7. The molecule has 0 fully saturated rings. The van der Waals surface area contributed by atoms with Gasteiger partial charge in [0, 0.05) is 11.6 Å². The van der Waals surface area contributed by atoms with Gasteiger partial charge in [0.2, 0.25) is 0 Å². The van der Waals surface area contributed by atoms with E-state index in [9.17, 15) is 4.39 Å². The zero-order valence-corrected chi connectivity index (χ0v) is 8.34. The highest BCUT2D eigenvalue weighted by Gasteiger charge is 2.12. The Kier molecular flexibility index (Phi) is 3.04. The Morgan fingerprint density at radius 1 is 1.15 bits per heavy atom. The van der Waals surface area contributed by atoms with E-state index in [1.54, 1.807) is 13.0 Å². The summed E-state index contributed by atoms with van der Waals surface area (Å²) in [5.74, 6) is 0.0613.